The fraction of sp³-hybridized carbons (Fsp3) is 0.419. The van der Waals surface area contributed by atoms with Crippen LogP contribution in [0.1, 0.15) is 173 Å². The van der Waals surface area contributed by atoms with Crippen molar-refractivity contribution in [2.45, 2.75) is 173 Å². The zero-order valence-corrected chi connectivity index (χ0v) is 80.5. The number of piperidine rings is 6. The average Bonchev–Trinajstić information content (AvgIpc) is 1.61. The second-order valence-electron chi connectivity index (χ2n) is 35.9. The number of aliphatic imine (C=N–C) groups is 1. The molecule has 10 heterocycles. The number of pyridine rings is 2. The number of amides is 4. The molecule has 2 aromatic heterocycles. The number of hydrogen-bond donors (Lipinski definition) is 3. The van der Waals surface area contributed by atoms with Gasteiger partial charge in [0, 0.05) is 140 Å². The predicted octanol–water partition coefficient (Wildman–Crippen LogP) is 23.6. The summed E-state index contributed by atoms with van der Waals surface area (Å²) in [5.41, 5.74) is 14.5. The highest BCUT2D eigenvalue weighted by molar-refractivity contribution is 9.10. The van der Waals surface area contributed by atoms with Gasteiger partial charge >= 0.3 is 6.03 Å². The van der Waals surface area contributed by atoms with Crippen molar-refractivity contribution in [3.05, 3.63) is 280 Å². The van der Waals surface area contributed by atoms with Crippen molar-refractivity contribution in [2.24, 2.45) is 22.7 Å². The van der Waals surface area contributed by atoms with E-state index in [1.54, 1.807) is 37.7 Å². The lowest BCUT2D eigenvalue weighted by Gasteiger charge is -2.42. The van der Waals surface area contributed by atoms with E-state index < -0.39 is 0 Å². The summed E-state index contributed by atoms with van der Waals surface area (Å²) < 4.78 is 7.69. The van der Waals surface area contributed by atoms with Crippen LogP contribution in [-0.2, 0) is 30.7 Å². The summed E-state index contributed by atoms with van der Waals surface area (Å²) in [6, 6.07) is 66.1. The number of unbranched alkanes of at least 4 members (excludes halogenated alkanes) is 1. The van der Waals surface area contributed by atoms with Crippen LogP contribution >= 0.6 is 78.3 Å². The van der Waals surface area contributed by atoms with Crippen molar-refractivity contribution in [2.75, 3.05) is 97.5 Å². The minimum absolute atomic E-state index is 0. The first-order chi connectivity index (χ1) is 62.9. The first-order valence-electron chi connectivity index (χ1n) is 46.6. The van der Waals surface area contributed by atoms with Crippen LogP contribution in [0.4, 0.5) is 16.2 Å². The van der Waals surface area contributed by atoms with Crippen LogP contribution in [0.15, 0.2) is 226 Å². The Balaban J connectivity index is 0.000000141. The number of urea groups is 1. The first-order valence-corrected chi connectivity index (χ1v) is 49.7. The van der Waals surface area contributed by atoms with Crippen molar-refractivity contribution in [1.82, 2.24) is 55.1 Å². The Morgan fingerprint density at radius 2 is 1.25 bits per heavy atom. The number of rotatable bonds is 23. The molecule has 0 spiro atoms. The molecule has 0 radical (unpaired) electrons. The number of benzene rings is 8. The number of Topliss-reactive ketones (excluding diaryl/α,β-unsaturated/α-hetero) is 1. The molecule has 8 aliphatic rings. The van der Waals surface area contributed by atoms with Crippen LogP contribution in [0.3, 0.4) is 0 Å². The lowest BCUT2D eigenvalue weighted by atomic mass is 9.88. The molecule has 8 aromatic carbocycles. The van der Waals surface area contributed by atoms with Gasteiger partial charge in [-0.15, -0.1) is 0 Å². The number of amidine groups is 1. The summed E-state index contributed by atoms with van der Waals surface area (Å²) in [6.45, 7) is 17.2. The van der Waals surface area contributed by atoms with E-state index in [-0.39, 0.29) is 25.1 Å². The van der Waals surface area contributed by atoms with Gasteiger partial charge in [-0.25, -0.2) is 14.8 Å². The number of likely N-dealkylation sites (tertiary alicyclic amines) is 5. The molecule has 3 unspecified atom stereocenters. The number of methoxy groups -OCH3 is 1. The zero-order chi connectivity index (χ0) is 89.5. The number of anilines is 1. The number of hydrazine groups is 1. The van der Waals surface area contributed by atoms with E-state index in [0.29, 0.717) is 86.9 Å². The molecule has 0 saturated carbocycles. The first kappa shape index (κ1) is 95.0. The molecular formula is C105H123Br2Cl4N13O5. The minimum Gasteiger partial charge on any atom is -0.496 e. The van der Waals surface area contributed by atoms with Crippen molar-refractivity contribution in [3.63, 3.8) is 0 Å². The van der Waals surface area contributed by atoms with Gasteiger partial charge < -0.3 is 35.0 Å². The number of hydrogen-bond acceptors (Lipinski definition) is 14. The molecule has 0 aliphatic carbocycles. The number of ketones is 1. The summed E-state index contributed by atoms with van der Waals surface area (Å²) >= 11 is 31.4. The number of halogens is 6. The van der Waals surface area contributed by atoms with Crippen LogP contribution in [0.25, 0.3) is 27.8 Å². The Hall–Kier alpha value is -8.61. The van der Waals surface area contributed by atoms with Gasteiger partial charge in [0.25, 0.3) is 5.91 Å². The highest BCUT2D eigenvalue weighted by atomic mass is 79.9. The van der Waals surface area contributed by atoms with Crippen LogP contribution in [0, 0.1) is 17.8 Å². The Labute approximate surface area is 800 Å². The standard InChI is InChI=1S/C29H33Cl2N5O2.C28H32Cl2N4O.C26H33BrN2O2.C22H23BrN2.H2/c30-25-8-7-23(18-26(25)31)33-29(38)34-36-15-11-24(12-16-36)35-14-2-3-20(19-35)5-10-28(37)22-6-9-27-21(17-22)4-1-13-32-27;29-25-8-7-20(16-26(25)30)18-33-14-10-23(11-15-33)34-13-3-4-21(19-34)17-32-28(35)27-24-6-2-1-5-22(24)9-12-31-27;1-31-25-5-3-2-4-22(25)19-26(30)29-16-12-24(13-17-29)28-14-10-21(11-15-28)18-20-6-8-23(27)9-7-20;1-2-3-10-19-14-18(13-16-8-4-6-11-20(16)23)22-24-21-12-7-5-9-17(21)15-25(19)22;/h1,4,6-9,13,17-18,20,24H,2-3,5,10-12,14-16,19H2,(H2,33,34,38);1-2,5-9,12,16,21,23H,3-4,10-11,13-15,17-19H2,(H,32,35);2-9,21,24H,10-19H2,1H3;4-9,11-13,19H,2-3,10,14-15H2,1H3;1H/b;;;18-13+;. The molecule has 7 fully saturated rings. The summed E-state index contributed by atoms with van der Waals surface area (Å²) in [5.74, 6) is 4.16. The van der Waals surface area contributed by atoms with Gasteiger partial charge in [0.1, 0.15) is 17.3 Å². The maximum absolute atomic E-state index is 12.9. The Kier molecular flexibility index (Phi) is 34.7. The average molecular weight is 1950 g/mol. The minimum atomic E-state index is -0.285. The van der Waals surface area contributed by atoms with E-state index in [2.05, 4.69) is 174 Å². The van der Waals surface area contributed by atoms with E-state index in [4.69, 9.17) is 56.1 Å². The topological polar surface area (TPSA) is 174 Å². The zero-order valence-electron chi connectivity index (χ0n) is 74.3. The molecule has 0 bridgehead atoms. The van der Waals surface area contributed by atoms with Crippen LogP contribution in [0.2, 0.25) is 20.1 Å². The highest BCUT2D eigenvalue weighted by Gasteiger charge is 2.38. The summed E-state index contributed by atoms with van der Waals surface area (Å²) in [5, 5.41) is 13.0. The molecular weight excluding hydrogens is 1820 g/mol. The van der Waals surface area contributed by atoms with Crippen molar-refractivity contribution < 1.29 is 25.3 Å². The van der Waals surface area contributed by atoms with E-state index >= 15 is 0 Å². The molecule has 18 rings (SSSR count). The van der Waals surface area contributed by atoms with Gasteiger partial charge in [-0.3, -0.25) is 39.6 Å². The van der Waals surface area contributed by atoms with E-state index in [9.17, 15) is 19.2 Å². The van der Waals surface area contributed by atoms with Crippen molar-refractivity contribution in [3.8, 4) is 5.75 Å². The molecule has 10 aromatic rings. The van der Waals surface area contributed by atoms with Crippen LogP contribution in [0.5, 0.6) is 5.75 Å². The maximum atomic E-state index is 12.9. The third-order valence-corrected chi connectivity index (χ3v) is 30.0. The summed E-state index contributed by atoms with van der Waals surface area (Å²) in [4.78, 5) is 79.8. The third kappa shape index (κ3) is 26.5. The lowest BCUT2D eigenvalue weighted by molar-refractivity contribution is -0.132. The third-order valence-electron chi connectivity index (χ3n) is 27.2. The van der Waals surface area contributed by atoms with Gasteiger partial charge in [-0.2, -0.15) is 0 Å². The molecule has 680 valence electrons. The van der Waals surface area contributed by atoms with Gasteiger partial charge in [0.15, 0.2) is 5.78 Å². The Morgan fingerprint density at radius 1 is 0.581 bits per heavy atom. The monoisotopic (exact) mass is 1940 g/mol. The number of carbonyl (C=O) groups excluding carboxylic acids is 4. The second-order valence-corrected chi connectivity index (χ2v) is 39.3. The molecule has 129 heavy (non-hydrogen) atoms. The molecule has 3 N–H and O–H groups in total. The van der Waals surface area contributed by atoms with E-state index in [0.717, 1.165) is 183 Å². The highest BCUT2D eigenvalue weighted by Crippen LogP contribution is 2.40. The van der Waals surface area contributed by atoms with Gasteiger partial charge in [-0.05, 0) is 290 Å². The molecule has 4 amide bonds. The maximum Gasteiger partial charge on any atom is 0.333 e. The Bertz CT molecular complexity index is 5500. The Morgan fingerprint density at radius 3 is 2.00 bits per heavy atom. The van der Waals surface area contributed by atoms with Crippen molar-refractivity contribution >= 4 is 147 Å². The number of aromatic nitrogens is 2. The molecule has 24 heteroatoms. The molecule has 7 saturated heterocycles. The SMILES string of the molecule is CCCCC1C/C(=C\c2ccccc2Br)C2=Nc3ccccc3CN21.COc1ccccc1CC(=O)N1CCC(N2CCC(Cc3ccc(Br)cc3)CC2)CC1.O=C(NCC1CCCN(C2CCN(Cc3ccc(Cl)c(Cl)c3)CC2)C1)c1nccc2ccccc12.O=C(Nc1ccc(Cl)c(Cl)c1)NN1CCC(N2CCCC(CCC(=O)c3ccc4ncccc4c3)C2)CC1.[HH]. The van der Waals surface area contributed by atoms with E-state index in [1.807, 2.05) is 107 Å². The summed E-state index contributed by atoms with van der Waals surface area (Å²) in [7, 11) is 1.66. The van der Waals surface area contributed by atoms with Gasteiger partial charge in [-0.1, -0.05) is 201 Å². The number of para-hydroxylation sites is 2. The fourth-order valence-electron chi connectivity index (χ4n) is 20.1. The number of fused-ring (bicyclic) bond motifs is 4. The normalized spacial score (nSPS) is 19.7. The number of carbonyl (C=O) groups is 4. The van der Waals surface area contributed by atoms with Gasteiger partial charge in [0.2, 0.25) is 5.91 Å². The lowest BCUT2D eigenvalue weighted by Crippen LogP contribution is -2.53. The largest absolute Gasteiger partial charge is 0.496 e. The molecule has 8 aliphatic heterocycles. The number of ether oxygens (including phenoxy) is 1. The molecule has 3 atom stereocenters. The molecule has 18 nitrogen and oxygen atoms in total. The smallest absolute Gasteiger partial charge is 0.333 e. The summed E-state index contributed by atoms with van der Waals surface area (Å²) in [6.07, 6.45) is 27.6. The second kappa shape index (κ2) is 47.2. The van der Waals surface area contributed by atoms with Gasteiger partial charge in [0.05, 0.1) is 44.8 Å². The predicted molar refractivity (Wildman–Crippen MR) is 536 cm³/mol. The number of nitrogens with zero attached hydrogens (tertiary/aromatic N) is 10. The quantitative estimate of drug-likeness (QED) is 0.0517. The van der Waals surface area contributed by atoms with E-state index in [1.165, 1.54) is 117 Å². The van der Waals surface area contributed by atoms with Crippen molar-refractivity contribution in [1.29, 1.82) is 0 Å². The number of nitrogens with one attached hydrogen (secondary N) is 3. The fourth-order valence-corrected chi connectivity index (χ4v) is 21.3. The van der Waals surface area contributed by atoms with Crippen LogP contribution < -0.4 is 20.8 Å². The van der Waals surface area contributed by atoms with Crippen LogP contribution in [-0.4, -0.2) is 190 Å².